The molecule has 2 N–H and O–H groups in total. The molecule has 3 aromatic carbocycles. The summed E-state index contributed by atoms with van der Waals surface area (Å²) in [7, 11) is -4.64. The Morgan fingerprint density at radius 3 is 2.13 bits per heavy atom. The fourth-order valence-corrected chi connectivity index (χ4v) is 5.04. The quantitative estimate of drug-likeness (QED) is 0.273. The van der Waals surface area contributed by atoms with Gasteiger partial charge in [-0.1, -0.05) is 54.6 Å². The first-order valence-corrected chi connectivity index (χ1v) is 13.8. The van der Waals surface area contributed by atoms with Gasteiger partial charge in [0.15, 0.2) is 0 Å². The second kappa shape index (κ2) is 14.0. The zero-order valence-corrected chi connectivity index (χ0v) is 21.7. The van der Waals surface area contributed by atoms with Crippen LogP contribution in [0.25, 0.3) is 0 Å². The SMILES string of the molecule is O=C(CCNCCCc1ccc(OCCCc2ccccc2)cc1)NS(=O)(=O)c1ccccc1C(F)(F)F. The summed E-state index contributed by atoms with van der Waals surface area (Å²) in [6.07, 6.45) is -1.56. The van der Waals surface area contributed by atoms with Crippen molar-refractivity contribution in [3.63, 3.8) is 0 Å². The summed E-state index contributed by atoms with van der Waals surface area (Å²) in [5.74, 6) is -0.0624. The largest absolute Gasteiger partial charge is 0.494 e. The number of carbonyl (C=O) groups excluding carboxylic acids is 1. The number of aryl methyl sites for hydroxylation is 2. The summed E-state index contributed by atoms with van der Waals surface area (Å²) in [5.41, 5.74) is 1.11. The minimum atomic E-state index is -4.86. The van der Waals surface area contributed by atoms with Gasteiger partial charge in [-0.25, -0.2) is 13.1 Å². The lowest BCUT2D eigenvalue weighted by Gasteiger charge is -2.13. The van der Waals surface area contributed by atoms with E-state index in [1.54, 1.807) is 4.72 Å². The van der Waals surface area contributed by atoms with Crippen molar-refractivity contribution < 1.29 is 31.1 Å². The van der Waals surface area contributed by atoms with Gasteiger partial charge in [0.2, 0.25) is 5.91 Å². The molecule has 0 saturated carbocycles. The number of halogens is 3. The van der Waals surface area contributed by atoms with Crippen molar-refractivity contribution in [2.45, 2.75) is 43.2 Å². The van der Waals surface area contributed by atoms with Gasteiger partial charge in [0.1, 0.15) is 5.75 Å². The summed E-state index contributed by atoms with van der Waals surface area (Å²) in [4.78, 5) is 11.0. The van der Waals surface area contributed by atoms with Crippen molar-refractivity contribution in [3.05, 3.63) is 95.6 Å². The molecule has 0 radical (unpaired) electrons. The number of nitrogens with one attached hydrogen (secondary N) is 2. The van der Waals surface area contributed by atoms with Crippen LogP contribution in [0.1, 0.15) is 36.0 Å². The zero-order chi connectivity index (χ0) is 27.4. The third-order valence-electron chi connectivity index (χ3n) is 5.72. The number of alkyl halides is 3. The molecule has 38 heavy (non-hydrogen) atoms. The van der Waals surface area contributed by atoms with Crippen molar-refractivity contribution in [1.82, 2.24) is 10.0 Å². The molecule has 204 valence electrons. The number of benzene rings is 3. The average molecular weight is 549 g/mol. The van der Waals surface area contributed by atoms with E-state index >= 15 is 0 Å². The molecule has 0 atom stereocenters. The first kappa shape index (κ1) is 29.2. The molecular weight excluding hydrogens is 517 g/mol. The van der Waals surface area contributed by atoms with E-state index in [1.165, 1.54) is 11.6 Å². The van der Waals surface area contributed by atoms with E-state index in [0.29, 0.717) is 19.2 Å². The van der Waals surface area contributed by atoms with Crippen LogP contribution >= 0.6 is 0 Å². The highest BCUT2D eigenvalue weighted by Crippen LogP contribution is 2.33. The topological polar surface area (TPSA) is 84.5 Å². The van der Waals surface area contributed by atoms with E-state index in [0.717, 1.165) is 49.1 Å². The van der Waals surface area contributed by atoms with Crippen LogP contribution in [0.2, 0.25) is 0 Å². The summed E-state index contributed by atoms with van der Waals surface area (Å²) in [6.45, 7) is 1.43. The highest BCUT2D eigenvalue weighted by atomic mass is 32.2. The van der Waals surface area contributed by atoms with Crippen molar-refractivity contribution in [2.75, 3.05) is 19.7 Å². The maximum Gasteiger partial charge on any atom is 0.417 e. The summed E-state index contributed by atoms with van der Waals surface area (Å²) >= 11 is 0. The van der Waals surface area contributed by atoms with Gasteiger partial charge < -0.3 is 10.1 Å². The minimum absolute atomic E-state index is 0.191. The van der Waals surface area contributed by atoms with Crippen LogP contribution in [0.15, 0.2) is 83.8 Å². The number of sulfonamides is 1. The first-order chi connectivity index (χ1) is 18.1. The zero-order valence-electron chi connectivity index (χ0n) is 20.8. The Labute approximate surface area is 221 Å². The van der Waals surface area contributed by atoms with Crippen LogP contribution in [0, 0.1) is 0 Å². The molecular formula is C28H31F3N2O4S. The van der Waals surface area contributed by atoms with Crippen LogP contribution in [-0.2, 0) is 33.8 Å². The average Bonchev–Trinajstić information content (AvgIpc) is 2.89. The standard InChI is InChI=1S/C28H31F3N2O4S/c29-28(30,31)25-12-4-5-13-26(25)38(35,36)33-27(34)18-20-32-19-6-10-23-14-16-24(17-15-23)37-21-7-11-22-8-2-1-3-9-22/h1-5,8-9,12-17,32H,6-7,10-11,18-21H2,(H,33,34). The number of ether oxygens (including phenoxy) is 1. The van der Waals surface area contributed by atoms with Crippen molar-refractivity contribution in [1.29, 1.82) is 0 Å². The van der Waals surface area contributed by atoms with E-state index in [2.05, 4.69) is 17.4 Å². The van der Waals surface area contributed by atoms with E-state index in [4.69, 9.17) is 4.74 Å². The lowest BCUT2D eigenvalue weighted by Crippen LogP contribution is -2.34. The maximum atomic E-state index is 13.1. The van der Waals surface area contributed by atoms with Gasteiger partial charge in [-0.15, -0.1) is 0 Å². The molecule has 0 bridgehead atoms. The van der Waals surface area contributed by atoms with Crippen molar-refractivity contribution in [2.24, 2.45) is 0 Å². The van der Waals surface area contributed by atoms with Crippen LogP contribution < -0.4 is 14.8 Å². The lowest BCUT2D eigenvalue weighted by molar-refractivity contribution is -0.140. The first-order valence-electron chi connectivity index (χ1n) is 12.3. The fraction of sp³-hybridized carbons (Fsp3) is 0.321. The molecule has 0 spiro atoms. The minimum Gasteiger partial charge on any atom is -0.494 e. The molecule has 0 aliphatic carbocycles. The number of carbonyl (C=O) groups is 1. The molecule has 0 fully saturated rings. The number of amides is 1. The normalized spacial score (nSPS) is 11.8. The van der Waals surface area contributed by atoms with Gasteiger partial charge in [-0.3, -0.25) is 4.79 Å². The molecule has 0 aromatic heterocycles. The number of hydrogen-bond donors (Lipinski definition) is 2. The van der Waals surface area contributed by atoms with Crippen molar-refractivity contribution >= 4 is 15.9 Å². The molecule has 0 aliphatic rings. The molecule has 10 heteroatoms. The van der Waals surface area contributed by atoms with Crippen LogP contribution in [0.5, 0.6) is 5.75 Å². The predicted octanol–water partition coefficient (Wildman–Crippen LogP) is 5.13. The van der Waals surface area contributed by atoms with Crippen LogP contribution in [-0.4, -0.2) is 34.0 Å². The molecule has 3 rings (SSSR count). The predicted molar refractivity (Wildman–Crippen MR) is 139 cm³/mol. The van der Waals surface area contributed by atoms with Gasteiger partial charge in [0, 0.05) is 13.0 Å². The Balaban J connectivity index is 1.30. The number of rotatable bonds is 14. The molecule has 3 aromatic rings. The molecule has 0 heterocycles. The third kappa shape index (κ3) is 9.50. The Morgan fingerprint density at radius 2 is 1.42 bits per heavy atom. The molecule has 0 aliphatic heterocycles. The van der Waals surface area contributed by atoms with Crippen molar-refractivity contribution in [3.8, 4) is 5.75 Å². The second-order valence-electron chi connectivity index (χ2n) is 8.71. The second-order valence-corrected chi connectivity index (χ2v) is 10.4. The van der Waals surface area contributed by atoms with E-state index in [-0.39, 0.29) is 13.0 Å². The van der Waals surface area contributed by atoms with Gasteiger partial charge in [-0.05, 0) is 67.6 Å². The molecule has 6 nitrogen and oxygen atoms in total. The molecule has 0 saturated heterocycles. The highest BCUT2D eigenvalue weighted by molar-refractivity contribution is 7.90. The monoisotopic (exact) mass is 548 g/mol. The van der Waals surface area contributed by atoms with Crippen LogP contribution in [0.4, 0.5) is 13.2 Å². The smallest absolute Gasteiger partial charge is 0.417 e. The Bertz CT molecular complexity index is 1270. The van der Waals surface area contributed by atoms with Gasteiger partial charge in [-0.2, -0.15) is 13.2 Å². The summed E-state index contributed by atoms with van der Waals surface area (Å²) < 4.78 is 71.4. The highest BCUT2D eigenvalue weighted by Gasteiger charge is 2.37. The van der Waals surface area contributed by atoms with Crippen LogP contribution in [0.3, 0.4) is 0 Å². The van der Waals surface area contributed by atoms with E-state index in [9.17, 15) is 26.4 Å². The maximum absolute atomic E-state index is 13.1. The lowest BCUT2D eigenvalue weighted by atomic mass is 10.1. The number of hydrogen-bond acceptors (Lipinski definition) is 5. The van der Waals surface area contributed by atoms with E-state index < -0.39 is 32.6 Å². The molecule has 0 unspecified atom stereocenters. The van der Waals surface area contributed by atoms with Gasteiger partial charge in [0.25, 0.3) is 10.0 Å². The van der Waals surface area contributed by atoms with Gasteiger partial charge in [0.05, 0.1) is 17.1 Å². The fourth-order valence-electron chi connectivity index (χ4n) is 3.80. The van der Waals surface area contributed by atoms with E-state index in [1.807, 2.05) is 42.5 Å². The van der Waals surface area contributed by atoms with Gasteiger partial charge >= 0.3 is 6.18 Å². The summed E-state index contributed by atoms with van der Waals surface area (Å²) in [6, 6.07) is 21.9. The third-order valence-corrected chi connectivity index (χ3v) is 7.15. The summed E-state index contributed by atoms with van der Waals surface area (Å²) in [5, 5.41) is 3.05. The Morgan fingerprint density at radius 1 is 0.789 bits per heavy atom. The Kier molecular flexibility index (Phi) is 10.7. The Hall–Kier alpha value is -3.37. The molecule has 1 amide bonds.